The molecule has 0 aliphatic rings. The van der Waals surface area contributed by atoms with Crippen molar-refractivity contribution in [3.8, 4) is 5.75 Å². The monoisotopic (exact) mass is 280 g/mol. The largest absolute Gasteiger partial charge is 0.486 e. The van der Waals surface area contributed by atoms with Crippen molar-refractivity contribution in [2.75, 3.05) is 19.7 Å². The molecule has 1 aromatic carbocycles. The highest BCUT2D eigenvalue weighted by Gasteiger charge is 2.11. The molecule has 0 bridgehead atoms. The van der Waals surface area contributed by atoms with Gasteiger partial charge in [0.1, 0.15) is 19.2 Å². The van der Waals surface area contributed by atoms with Gasteiger partial charge in [-0.3, -0.25) is 4.79 Å². The van der Waals surface area contributed by atoms with E-state index in [9.17, 15) is 9.36 Å². The van der Waals surface area contributed by atoms with Gasteiger partial charge in [0.15, 0.2) is 6.29 Å². The van der Waals surface area contributed by atoms with Crippen LogP contribution in [0.3, 0.4) is 0 Å². The number of hydrogen-bond donors (Lipinski definition) is 0. The normalized spacial score (nSPS) is 11.2. The quantitative estimate of drug-likeness (QED) is 0.623. The topological polar surface area (TPSA) is 43.4 Å². The molecule has 88 valence electrons. The Morgan fingerprint density at radius 2 is 1.81 bits per heavy atom. The van der Waals surface area contributed by atoms with Crippen molar-refractivity contribution < 1.29 is 14.1 Å². The molecule has 0 amide bonds. The highest BCUT2D eigenvalue weighted by molar-refractivity contribution is 7.62. The van der Waals surface area contributed by atoms with E-state index in [0.717, 1.165) is 0 Å². The summed E-state index contributed by atoms with van der Waals surface area (Å²) < 4.78 is 16.7. The molecule has 0 saturated carbocycles. The van der Waals surface area contributed by atoms with Crippen molar-refractivity contribution in [2.45, 2.75) is 0 Å². The van der Waals surface area contributed by atoms with Crippen LogP contribution in [0.15, 0.2) is 12.1 Å². The maximum absolute atomic E-state index is 11.4. The summed E-state index contributed by atoms with van der Waals surface area (Å²) in [5, 5.41) is 0.444. The second kappa shape index (κ2) is 5.22. The molecular weight excluding hydrogens is 270 g/mol. The van der Waals surface area contributed by atoms with E-state index in [2.05, 4.69) is 0 Å². The van der Waals surface area contributed by atoms with Crippen LogP contribution in [0.4, 0.5) is 0 Å². The molecule has 0 N–H and O–H groups in total. The van der Waals surface area contributed by atoms with Gasteiger partial charge in [0, 0.05) is 0 Å². The Morgan fingerprint density at radius 1 is 1.31 bits per heavy atom. The fourth-order valence-corrected chi connectivity index (χ4v) is 2.00. The first-order chi connectivity index (χ1) is 7.33. The molecule has 3 nitrogen and oxygen atoms in total. The molecule has 0 aliphatic heterocycles. The first-order valence-electron chi connectivity index (χ1n) is 4.44. The van der Waals surface area contributed by atoms with Gasteiger partial charge in [-0.1, -0.05) is 23.2 Å². The van der Waals surface area contributed by atoms with Crippen molar-refractivity contribution in [1.29, 1.82) is 0 Å². The summed E-state index contributed by atoms with van der Waals surface area (Å²) in [5.41, 5.74) is 0.229. The Hall–Kier alpha value is -0.500. The van der Waals surface area contributed by atoms with E-state index in [-0.39, 0.29) is 22.0 Å². The maximum Gasteiger partial charge on any atom is 0.153 e. The van der Waals surface area contributed by atoms with Gasteiger partial charge in [-0.25, -0.2) is 0 Å². The number of aldehydes is 1. The zero-order valence-electron chi connectivity index (χ0n) is 8.87. The Kier molecular flexibility index (Phi) is 4.43. The third-order valence-electron chi connectivity index (χ3n) is 1.71. The average Bonchev–Trinajstić information content (AvgIpc) is 2.13. The molecule has 0 fully saturated rings. The number of carbonyl (C=O) groups excluding carboxylic acids is 1. The summed E-state index contributed by atoms with van der Waals surface area (Å²) in [4.78, 5) is 10.6. The fourth-order valence-electron chi connectivity index (χ4n) is 0.987. The van der Waals surface area contributed by atoms with Crippen LogP contribution in [0, 0.1) is 0 Å². The minimum Gasteiger partial charge on any atom is -0.486 e. The molecule has 0 spiro atoms. The average molecular weight is 281 g/mol. The van der Waals surface area contributed by atoms with Crippen LogP contribution in [0.2, 0.25) is 10.0 Å². The molecule has 0 heterocycles. The van der Waals surface area contributed by atoms with E-state index in [4.69, 9.17) is 27.9 Å². The third kappa shape index (κ3) is 3.82. The Morgan fingerprint density at radius 3 is 2.19 bits per heavy atom. The SMILES string of the molecule is CP(C)(=O)COc1cc(Cl)c(C=O)c(Cl)c1. The Bertz CT molecular complexity index is 430. The lowest BCUT2D eigenvalue weighted by molar-refractivity contribution is 0.112. The van der Waals surface area contributed by atoms with Crippen molar-refractivity contribution in [2.24, 2.45) is 0 Å². The van der Waals surface area contributed by atoms with Gasteiger partial charge in [0.2, 0.25) is 0 Å². The summed E-state index contributed by atoms with van der Waals surface area (Å²) >= 11 is 11.6. The fraction of sp³-hybridized carbons (Fsp3) is 0.300. The summed E-state index contributed by atoms with van der Waals surface area (Å²) in [6.45, 7) is 3.24. The Balaban J connectivity index is 2.92. The molecule has 0 saturated heterocycles. The number of ether oxygens (including phenoxy) is 1. The van der Waals surface area contributed by atoms with Crippen molar-refractivity contribution in [3.63, 3.8) is 0 Å². The van der Waals surface area contributed by atoms with Crippen LogP contribution in [0.25, 0.3) is 0 Å². The van der Waals surface area contributed by atoms with Gasteiger partial charge in [0.25, 0.3) is 0 Å². The number of carbonyl (C=O) groups is 1. The van der Waals surface area contributed by atoms with Gasteiger partial charge in [-0.15, -0.1) is 0 Å². The predicted molar refractivity (Wildman–Crippen MR) is 66.8 cm³/mol. The van der Waals surface area contributed by atoms with Gasteiger partial charge in [-0.2, -0.15) is 0 Å². The third-order valence-corrected chi connectivity index (χ3v) is 3.09. The van der Waals surface area contributed by atoms with Gasteiger partial charge >= 0.3 is 0 Å². The number of rotatable bonds is 4. The van der Waals surface area contributed by atoms with E-state index in [0.29, 0.717) is 12.0 Å². The zero-order chi connectivity index (χ0) is 12.3. The summed E-state index contributed by atoms with van der Waals surface area (Å²) in [6.07, 6.45) is 0.694. The smallest absolute Gasteiger partial charge is 0.153 e. The minimum atomic E-state index is -2.26. The van der Waals surface area contributed by atoms with Gasteiger partial charge < -0.3 is 9.30 Å². The van der Waals surface area contributed by atoms with Crippen molar-refractivity contribution in [3.05, 3.63) is 27.7 Å². The van der Waals surface area contributed by atoms with E-state index < -0.39 is 7.14 Å². The molecule has 0 unspecified atom stereocenters. The molecule has 0 radical (unpaired) electrons. The molecule has 0 aromatic heterocycles. The van der Waals surface area contributed by atoms with Crippen LogP contribution in [-0.4, -0.2) is 26.0 Å². The second-order valence-electron chi connectivity index (χ2n) is 3.77. The number of benzene rings is 1. The Labute approximate surface area is 104 Å². The second-order valence-corrected chi connectivity index (χ2v) is 7.99. The molecular formula is C10H11Cl2O3P. The minimum absolute atomic E-state index is 0.111. The first kappa shape index (κ1) is 13.6. The van der Waals surface area contributed by atoms with Crippen LogP contribution < -0.4 is 4.74 Å². The number of hydrogen-bond acceptors (Lipinski definition) is 3. The summed E-state index contributed by atoms with van der Waals surface area (Å²) in [6, 6.07) is 2.96. The molecule has 16 heavy (non-hydrogen) atoms. The van der Waals surface area contributed by atoms with Crippen LogP contribution in [0.5, 0.6) is 5.75 Å². The number of halogens is 2. The van der Waals surface area contributed by atoms with Gasteiger partial charge in [0.05, 0.1) is 15.6 Å². The lowest BCUT2D eigenvalue weighted by Crippen LogP contribution is -1.98. The highest BCUT2D eigenvalue weighted by atomic mass is 35.5. The molecule has 6 heteroatoms. The summed E-state index contributed by atoms with van der Waals surface area (Å²) in [5.74, 6) is 0.407. The van der Waals surface area contributed by atoms with Crippen LogP contribution in [0.1, 0.15) is 10.4 Å². The van der Waals surface area contributed by atoms with Gasteiger partial charge in [-0.05, 0) is 25.5 Å². The van der Waals surface area contributed by atoms with Crippen molar-refractivity contribution in [1.82, 2.24) is 0 Å². The highest BCUT2D eigenvalue weighted by Crippen LogP contribution is 2.37. The van der Waals surface area contributed by atoms with Crippen LogP contribution in [-0.2, 0) is 4.57 Å². The van der Waals surface area contributed by atoms with E-state index >= 15 is 0 Å². The lowest BCUT2D eigenvalue weighted by atomic mass is 10.2. The van der Waals surface area contributed by atoms with E-state index in [1.165, 1.54) is 12.1 Å². The summed E-state index contributed by atoms with van der Waals surface area (Å²) in [7, 11) is -2.26. The molecule has 1 aromatic rings. The predicted octanol–water partition coefficient (Wildman–Crippen LogP) is 3.76. The standard InChI is InChI=1S/C10H11Cl2O3P/c1-16(2,14)6-15-7-3-9(11)8(5-13)10(12)4-7/h3-5H,6H2,1-2H3. The lowest BCUT2D eigenvalue weighted by Gasteiger charge is -2.11. The maximum atomic E-state index is 11.4. The van der Waals surface area contributed by atoms with Crippen molar-refractivity contribution >= 4 is 36.6 Å². The molecule has 1 rings (SSSR count). The van der Waals surface area contributed by atoms with E-state index in [1.54, 1.807) is 13.3 Å². The molecule has 0 aliphatic carbocycles. The van der Waals surface area contributed by atoms with Crippen LogP contribution >= 0.6 is 30.3 Å². The molecule has 0 atom stereocenters. The first-order valence-corrected chi connectivity index (χ1v) is 7.99. The van der Waals surface area contributed by atoms with E-state index in [1.807, 2.05) is 0 Å². The zero-order valence-corrected chi connectivity index (χ0v) is 11.3.